The average Bonchev–Trinajstić information content (AvgIpc) is 2.62. The molecule has 0 fully saturated rings. The number of anilines is 2. The molecule has 18 heavy (non-hydrogen) atoms. The fraction of sp³-hybridized carbons (Fsp3) is 0.286. The highest BCUT2D eigenvalue weighted by Crippen LogP contribution is 2.27. The Balaban J connectivity index is 2.52. The summed E-state index contributed by atoms with van der Waals surface area (Å²) in [6.07, 6.45) is 0.865. The molecule has 0 unspecified atom stereocenters. The SMILES string of the molecule is Cc1cccc(N(C)c2c(C=O)c(C)nn2C)c1. The van der Waals surface area contributed by atoms with Crippen molar-refractivity contribution in [3.05, 3.63) is 41.1 Å². The van der Waals surface area contributed by atoms with Crippen molar-refractivity contribution in [1.82, 2.24) is 9.78 Å². The van der Waals surface area contributed by atoms with Crippen molar-refractivity contribution in [3.8, 4) is 0 Å². The summed E-state index contributed by atoms with van der Waals surface area (Å²) in [6.45, 7) is 3.89. The molecule has 1 aromatic heterocycles. The zero-order chi connectivity index (χ0) is 13.3. The zero-order valence-electron chi connectivity index (χ0n) is 11.1. The Morgan fingerprint density at radius 3 is 2.67 bits per heavy atom. The topological polar surface area (TPSA) is 38.1 Å². The van der Waals surface area contributed by atoms with E-state index in [1.165, 1.54) is 5.56 Å². The maximum atomic E-state index is 11.2. The summed E-state index contributed by atoms with van der Waals surface area (Å²) in [5.41, 5.74) is 3.62. The van der Waals surface area contributed by atoms with Gasteiger partial charge < -0.3 is 4.90 Å². The zero-order valence-corrected chi connectivity index (χ0v) is 11.1. The number of aldehydes is 1. The summed E-state index contributed by atoms with van der Waals surface area (Å²) in [6, 6.07) is 8.15. The molecule has 94 valence electrons. The van der Waals surface area contributed by atoms with Gasteiger partial charge in [-0.2, -0.15) is 5.10 Å². The highest BCUT2D eigenvalue weighted by molar-refractivity contribution is 5.86. The standard InChI is InChI=1S/C14H17N3O/c1-10-6-5-7-12(8-10)16(3)14-13(9-18)11(2)15-17(14)4/h5-9H,1-4H3. The number of nitrogens with zero attached hydrogens (tertiary/aromatic N) is 3. The van der Waals surface area contributed by atoms with Crippen molar-refractivity contribution in [2.75, 3.05) is 11.9 Å². The molecular formula is C14H17N3O. The average molecular weight is 243 g/mol. The third-order valence-corrected chi connectivity index (χ3v) is 3.06. The Morgan fingerprint density at radius 2 is 2.06 bits per heavy atom. The molecule has 0 aliphatic rings. The summed E-state index contributed by atoms with van der Waals surface area (Å²) in [5, 5.41) is 4.29. The molecule has 1 heterocycles. The van der Waals surface area contributed by atoms with Crippen molar-refractivity contribution < 1.29 is 4.79 Å². The normalized spacial score (nSPS) is 10.4. The van der Waals surface area contributed by atoms with Gasteiger partial charge in [-0.05, 0) is 31.5 Å². The second kappa shape index (κ2) is 4.64. The Hall–Kier alpha value is -2.10. The number of carbonyl (C=O) groups is 1. The van der Waals surface area contributed by atoms with E-state index in [-0.39, 0.29) is 0 Å². The highest BCUT2D eigenvalue weighted by Gasteiger charge is 2.17. The summed E-state index contributed by atoms with van der Waals surface area (Å²) in [4.78, 5) is 13.2. The van der Waals surface area contributed by atoms with Gasteiger partial charge in [0.25, 0.3) is 0 Å². The Bertz CT molecular complexity index is 587. The molecule has 0 radical (unpaired) electrons. The van der Waals surface area contributed by atoms with Gasteiger partial charge in [0.1, 0.15) is 5.82 Å². The molecule has 0 spiro atoms. The van der Waals surface area contributed by atoms with Crippen molar-refractivity contribution >= 4 is 17.8 Å². The first-order valence-electron chi connectivity index (χ1n) is 5.83. The minimum absolute atomic E-state index is 0.640. The molecular weight excluding hydrogens is 226 g/mol. The molecule has 2 rings (SSSR count). The minimum atomic E-state index is 0.640. The van der Waals surface area contributed by atoms with E-state index >= 15 is 0 Å². The monoisotopic (exact) mass is 243 g/mol. The number of aryl methyl sites for hydroxylation is 3. The van der Waals surface area contributed by atoms with E-state index in [0.29, 0.717) is 5.56 Å². The number of benzene rings is 1. The van der Waals surface area contributed by atoms with E-state index in [1.807, 2.05) is 51.0 Å². The lowest BCUT2D eigenvalue weighted by Gasteiger charge is -2.20. The summed E-state index contributed by atoms with van der Waals surface area (Å²) < 4.78 is 1.74. The fourth-order valence-corrected chi connectivity index (χ4v) is 2.16. The second-order valence-electron chi connectivity index (χ2n) is 4.46. The van der Waals surface area contributed by atoms with Crippen molar-refractivity contribution in [3.63, 3.8) is 0 Å². The number of carbonyl (C=O) groups excluding carboxylic acids is 1. The first-order valence-corrected chi connectivity index (χ1v) is 5.83. The van der Waals surface area contributed by atoms with Crippen LogP contribution in [-0.4, -0.2) is 23.1 Å². The fourth-order valence-electron chi connectivity index (χ4n) is 2.16. The van der Waals surface area contributed by atoms with Crippen molar-refractivity contribution in [1.29, 1.82) is 0 Å². The first kappa shape index (κ1) is 12.4. The minimum Gasteiger partial charge on any atom is -0.329 e. The molecule has 0 aliphatic heterocycles. The van der Waals surface area contributed by atoms with Crippen LogP contribution >= 0.6 is 0 Å². The molecule has 0 atom stereocenters. The third kappa shape index (κ3) is 2.01. The predicted molar refractivity (Wildman–Crippen MR) is 72.6 cm³/mol. The van der Waals surface area contributed by atoms with E-state index in [2.05, 4.69) is 11.2 Å². The second-order valence-corrected chi connectivity index (χ2v) is 4.46. The molecule has 0 saturated heterocycles. The molecule has 0 aliphatic carbocycles. The van der Waals surface area contributed by atoms with Crippen LogP contribution in [-0.2, 0) is 7.05 Å². The molecule has 2 aromatic rings. The summed E-state index contributed by atoms with van der Waals surface area (Å²) >= 11 is 0. The van der Waals surface area contributed by atoms with Crippen LogP contribution in [0.25, 0.3) is 0 Å². The van der Waals surface area contributed by atoms with Crippen molar-refractivity contribution in [2.24, 2.45) is 7.05 Å². The lowest BCUT2D eigenvalue weighted by molar-refractivity contribution is 0.112. The van der Waals surface area contributed by atoms with E-state index in [1.54, 1.807) is 4.68 Å². The van der Waals surface area contributed by atoms with Crippen molar-refractivity contribution in [2.45, 2.75) is 13.8 Å². The lowest BCUT2D eigenvalue weighted by atomic mass is 10.2. The predicted octanol–water partition coefficient (Wildman–Crippen LogP) is 2.62. The molecule has 4 heteroatoms. The molecule has 1 aromatic carbocycles. The van der Waals surface area contributed by atoms with E-state index < -0.39 is 0 Å². The van der Waals surface area contributed by atoms with Gasteiger partial charge in [0.2, 0.25) is 0 Å². The van der Waals surface area contributed by atoms with Crippen LogP contribution < -0.4 is 4.90 Å². The van der Waals surface area contributed by atoms with Crippen LogP contribution in [0.2, 0.25) is 0 Å². The van der Waals surface area contributed by atoms with E-state index in [9.17, 15) is 4.79 Å². The van der Waals surface area contributed by atoms with E-state index in [4.69, 9.17) is 0 Å². The van der Waals surface area contributed by atoms with Gasteiger partial charge in [0.05, 0.1) is 11.3 Å². The Kier molecular flexibility index (Phi) is 3.19. The smallest absolute Gasteiger partial charge is 0.155 e. The van der Waals surface area contributed by atoms with Gasteiger partial charge in [-0.1, -0.05) is 12.1 Å². The van der Waals surface area contributed by atoms with Gasteiger partial charge in [-0.15, -0.1) is 0 Å². The van der Waals surface area contributed by atoms with Gasteiger partial charge >= 0.3 is 0 Å². The Labute approximate surface area is 107 Å². The number of aromatic nitrogens is 2. The van der Waals surface area contributed by atoms with Gasteiger partial charge in [0, 0.05) is 19.8 Å². The molecule has 0 bridgehead atoms. The van der Waals surface area contributed by atoms with Crippen LogP contribution in [0.5, 0.6) is 0 Å². The van der Waals surface area contributed by atoms with Gasteiger partial charge in [-0.3, -0.25) is 9.48 Å². The lowest BCUT2D eigenvalue weighted by Crippen LogP contribution is -2.15. The largest absolute Gasteiger partial charge is 0.329 e. The molecule has 4 nitrogen and oxygen atoms in total. The molecule has 0 saturated carbocycles. The number of rotatable bonds is 3. The molecule has 0 N–H and O–H groups in total. The maximum absolute atomic E-state index is 11.2. The molecule has 0 amide bonds. The van der Waals surface area contributed by atoms with E-state index in [0.717, 1.165) is 23.5 Å². The first-order chi connectivity index (χ1) is 8.54. The van der Waals surface area contributed by atoms with Crippen LogP contribution in [0, 0.1) is 13.8 Å². The van der Waals surface area contributed by atoms with Crippen LogP contribution in [0.1, 0.15) is 21.6 Å². The summed E-state index contributed by atoms with van der Waals surface area (Å²) in [5.74, 6) is 0.813. The van der Waals surface area contributed by atoms with Crippen LogP contribution in [0.15, 0.2) is 24.3 Å². The Morgan fingerprint density at radius 1 is 1.33 bits per heavy atom. The maximum Gasteiger partial charge on any atom is 0.155 e. The highest BCUT2D eigenvalue weighted by atomic mass is 16.1. The van der Waals surface area contributed by atoms with Gasteiger partial charge in [-0.25, -0.2) is 0 Å². The quantitative estimate of drug-likeness (QED) is 0.778. The van der Waals surface area contributed by atoms with Gasteiger partial charge in [0.15, 0.2) is 6.29 Å². The number of hydrogen-bond acceptors (Lipinski definition) is 3. The third-order valence-electron chi connectivity index (χ3n) is 3.06. The van der Waals surface area contributed by atoms with Crippen LogP contribution in [0.3, 0.4) is 0 Å². The summed E-state index contributed by atoms with van der Waals surface area (Å²) in [7, 11) is 3.79. The van der Waals surface area contributed by atoms with Crippen LogP contribution in [0.4, 0.5) is 11.5 Å². The number of hydrogen-bond donors (Lipinski definition) is 0.